The first-order valence-electron chi connectivity index (χ1n) is 6.45. The second-order valence-electron chi connectivity index (χ2n) is 4.85. The van der Waals surface area contributed by atoms with Crippen LogP contribution < -0.4 is 0 Å². The molecule has 0 radical (unpaired) electrons. The standard InChI is InChI=1S/C16H18BrNO/c1-12-4-2-3-5-14(12)8-13(11-19)9-16-7-6-15(17)10-18-16/h2-7,10,13,19H,8-9,11H2,1H3. The summed E-state index contributed by atoms with van der Waals surface area (Å²) in [5.41, 5.74) is 3.61. The van der Waals surface area contributed by atoms with Crippen molar-refractivity contribution in [1.82, 2.24) is 4.98 Å². The zero-order valence-electron chi connectivity index (χ0n) is 11.0. The van der Waals surface area contributed by atoms with Crippen LogP contribution in [0.5, 0.6) is 0 Å². The van der Waals surface area contributed by atoms with Crippen LogP contribution in [0.2, 0.25) is 0 Å². The Labute approximate surface area is 122 Å². The number of hydrogen-bond donors (Lipinski definition) is 1. The largest absolute Gasteiger partial charge is 0.396 e. The Morgan fingerprint density at radius 2 is 1.95 bits per heavy atom. The molecule has 0 bridgehead atoms. The van der Waals surface area contributed by atoms with E-state index in [1.54, 1.807) is 6.20 Å². The number of rotatable bonds is 5. The van der Waals surface area contributed by atoms with E-state index in [-0.39, 0.29) is 12.5 Å². The van der Waals surface area contributed by atoms with E-state index in [2.05, 4.69) is 46.0 Å². The second kappa shape index (κ2) is 6.83. The van der Waals surface area contributed by atoms with E-state index in [4.69, 9.17) is 0 Å². The number of hydrogen-bond acceptors (Lipinski definition) is 2. The number of aliphatic hydroxyl groups excluding tert-OH is 1. The molecular weight excluding hydrogens is 302 g/mol. The van der Waals surface area contributed by atoms with Crippen molar-refractivity contribution in [3.05, 3.63) is 63.9 Å². The smallest absolute Gasteiger partial charge is 0.0466 e. The lowest BCUT2D eigenvalue weighted by molar-refractivity contribution is 0.224. The van der Waals surface area contributed by atoms with Crippen LogP contribution in [-0.4, -0.2) is 16.7 Å². The summed E-state index contributed by atoms with van der Waals surface area (Å²) in [5, 5.41) is 9.56. The molecule has 0 aliphatic heterocycles. The summed E-state index contributed by atoms with van der Waals surface area (Å²) >= 11 is 3.38. The van der Waals surface area contributed by atoms with Gasteiger partial charge in [-0.3, -0.25) is 4.98 Å². The highest BCUT2D eigenvalue weighted by molar-refractivity contribution is 9.10. The summed E-state index contributed by atoms with van der Waals surface area (Å²) in [4.78, 5) is 4.37. The second-order valence-corrected chi connectivity index (χ2v) is 5.77. The van der Waals surface area contributed by atoms with Crippen LogP contribution in [0.15, 0.2) is 47.1 Å². The van der Waals surface area contributed by atoms with Crippen molar-refractivity contribution in [2.75, 3.05) is 6.61 Å². The zero-order valence-corrected chi connectivity index (χ0v) is 12.6. The minimum atomic E-state index is 0.187. The predicted octanol–water partition coefficient (Wildman–Crippen LogP) is 3.55. The maximum atomic E-state index is 9.56. The van der Waals surface area contributed by atoms with Crippen LogP contribution in [0.25, 0.3) is 0 Å². The molecule has 2 rings (SSSR count). The van der Waals surface area contributed by atoms with Crippen molar-refractivity contribution < 1.29 is 5.11 Å². The molecule has 0 saturated carbocycles. The van der Waals surface area contributed by atoms with Gasteiger partial charge in [-0.25, -0.2) is 0 Å². The molecule has 0 aliphatic rings. The van der Waals surface area contributed by atoms with Crippen molar-refractivity contribution in [2.45, 2.75) is 19.8 Å². The van der Waals surface area contributed by atoms with Crippen molar-refractivity contribution in [1.29, 1.82) is 0 Å². The lowest BCUT2D eigenvalue weighted by Gasteiger charge is -2.15. The molecule has 1 unspecified atom stereocenters. The van der Waals surface area contributed by atoms with E-state index in [1.807, 2.05) is 18.2 Å². The highest BCUT2D eigenvalue weighted by Gasteiger charge is 2.11. The lowest BCUT2D eigenvalue weighted by atomic mass is 9.93. The van der Waals surface area contributed by atoms with Gasteiger partial charge in [0.2, 0.25) is 0 Å². The van der Waals surface area contributed by atoms with E-state index >= 15 is 0 Å². The Hall–Kier alpha value is -1.19. The van der Waals surface area contributed by atoms with Crippen LogP contribution in [0.4, 0.5) is 0 Å². The van der Waals surface area contributed by atoms with Gasteiger partial charge in [-0.1, -0.05) is 24.3 Å². The van der Waals surface area contributed by atoms with E-state index in [0.29, 0.717) is 0 Å². The number of aryl methyl sites for hydroxylation is 1. The van der Waals surface area contributed by atoms with E-state index in [1.165, 1.54) is 11.1 Å². The molecular formula is C16H18BrNO. The van der Waals surface area contributed by atoms with Gasteiger partial charge in [0, 0.05) is 23.0 Å². The Bertz CT molecular complexity index is 525. The van der Waals surface area contributed by atoms with Crippen LogP contribution in [0, 0.1) is 12.8 Å². The normalized spacial score (nSPS) is 12.4. The molecule has 0 aliphatic carbocycles. The number of benzene rings is 1. The molecule has 1 atom stereocenters. The van der Waals surface area contributed by atoms with Gasteiger partial charge in [-0.05, 0) is 64.9 Å². The third-order valence-electron chi connectivity index (χ3n) is 3.31. The zero-order chi connectivity index (χ0) is 13.7. The summed E-state index contributed by atoms with van der Waals surface area (Å²) in [7, 11) is 0. The van der Waals surface area contributed by atoms with Gasteiger partial charge in [-0.15, -0.1) is 0 Å². The first-order chi connectivity index (χ1) is 9.19. The molecule has 0 amide bonds. The number of nitrogens with zero attached hydrogens (tertiary/aromatic N) is 1. The topological polar surface area (TPSA) is 33.1 Å². The maximum absolute atomic E-state index is 9.56. The van der Waals surface area contributed by atoms with Crippen molar-refractivity contribution in [2.24, 2.45) is 5.92 Å². The first-order valence-corrected chi connectivity index (χ1v) is 7.24. The summed E-state index contributed by atoms with van der Waals surface area (Å²) in [5.74, 6) is 0.217. The number of aromatic nitrogens is 1. The minimum absolute atomic E-state index is 0.187. The number of pyridine rings is 1. The molecule has 1 aromatic carbocycles. The molecule has 2 nitrogen and oxygen atoms in total. The molecule has 1 heterocycles. The van der Waals surface area contributed by atoms with Crippen LogP contribution in [0.3, 0.4) is 0 Å². The molecule has 0 fully saturated rings. The molecule has 3 heteroatoms. The highest BCUT2D eigenvalue weighted by Crippen LogP contribution is 2.17. The molecule has 100 valence electrons. The third-order valence-corrected chi connectivity index (χ3v) is 3.78. The van der Waals surface area contributed by atoms with E-state index in [0.717, 1.165) is 23.0 Å². The Balaban J connectivity index is 2.05. The highest BCUT2D eigenvalue weighted by atomic mass is 79.9. The van der Waals surface area contributed by atoms with Gasteiger partial charge >= 0.3 is 0 Å². The Kier molecular flexibility index (Phi) is 5.11. The van der Waals surface area contributed by atoms with Gasteiger partial charge in [0.1, 0.15) is 0 Å². The van der Waals surface area contributed by atoms with E-state index in [9.17, 15) is 5.11 Å². The van der Waals surface area contributed by atoms with Crippen LogP contribution in [-0.2, 0) is 12.8 Å². The van der Waals surface area contributed by atoms with Crippen molar-refractivity contribution in [3.63, 3.8) is 0 Å². The summed E-state index contributed by atoms with van der Waals surface area (Å²) < 4.78 is 0.982. The van der Waals surface area contributed by atoms with Crippen molar-refractivity contribution in [3.8, 4) is 0 Å². The molecule has 0 spiro atoms. The van der Waals surface area contributed by atoms with Gasteiger partial charge < -0.3 is 5.11 Å². The minimum Gasteiger partial charge on any atom is -0.396 e. The maximum Gasteiger partial charge on any atom is 0.0466 e. The SMILES string of the molecule is Cc1ccccc1CC(CO)Cc1ccc(Br)cn1. The van der Waals surface area contributed by atoms with Gasteiger partial charge in [0.25, 0.3) is 0 Å². The average molecular weight is 320 g/mol. The molecule has 2 aromatic rings. The average Bonchev–Trinajstić information content (AvgIpc) is 2.43. The summed E-state index contributed by atoms with van der Waals surface area (Å²) in [6.07, 6.45) is 3.50. The first kappa shape index (κ1) is 14.2. The fraction of sp³-hybridized carbons (Fsp3) is 0.312. The number of halogens is 1. The molecule has 19 heavy (non-hydrogen) atoms. The Morgan fingerprint density at radius 1 is 1.16 bits per heavy atom. The summed E-state index contributed by atoms with van der Waals surface area (Å²) in [6, 6.07) is 12.3. The molecule has 1 aromatic heterocycles. The monoisotopic (exact) mass is 319 g/mol. The molecule has 0 saturated heterocycles. The third kappa shape index (κ3) is 4.15. The summed E-state index contributed by atoms with van der Waals surface area (Å²) in [6.45, 7) is 2.30. The predicted molar refractivity (Wildman–Crippen MR) is 81.1 cm³/mol. The molecule has 1 N–H and O–H groups in total. The number of aliphatic hydroxyl groups is 1. The van der Waals surface area contributed by atoms with Crippen LogP contribution >= 0.6 is 15.9 Å². The fourth-order valence-electron chi connectivity index (χ4n) is 2.17. The fourth-order valence-corrected chi connectivity index (χ4v) is 2.41. The van der Waals surface area contributed by atoms with Gasteiger partial charge in [0.05, 0.1) is 0 Å². The quantitative estimate of drug-likeness (QED) is 0.914. The van der Waals surface area contributed by atoms with Gasteiger partial charge in [-0.2, -0.15) is 0 Å². The Morgan fingerprint density at radius 3 is 2.58 bits per heavy atom. The van der Waals surface area contributed by atoms with E-state index < -0.39 is 0 Å². The van der Waals surface area contributed by atoms with Gasteiger partial charge in [0.15, 0.2) is 0 Å². The van der Waals surface area contributed by atoms with Crippen LogP contribution in [0.1, 0.15) is 16.8 Å². The van der Waals surface area contributed by atoms with Crippen molar-refractivity contribution >= 4 is 15.9 Å². The lowest BCUT2D eigenvalue weighted by Crippen LogP contribution is -2.14.